The first-order chi connectivity index (χ1) is 13.0. The molecular formula is C19H25FN4O3S. The molecular weight excluding hydrogens is 383 g/mol. The van der Waals surface area contributed by atoms with E-state index in [1.54, 1.807) is 6.92 Å². The average molecular weight is 408 g/mol. The summed E-state index contributed by atoms with van der Waals surface area (Å²) >= 11 is 0. The largest absolute Gasteiger partial charge is 0.507 e. The number of anilines is 1. The molecule has 9 heteroatoms. The number of aromatic hydroxyl groups is 1. The number of sulfonamides is 1. The van der Waals surface area contributed by atoms with E-state index < -0.39 is 15.8 Å². The summed E-state index contributed by atoms with van der Waals surface area (Å²) < 4.78 is 40.4. The number of phenolic OH excluding ortho intramolecular Hbond substituents is 1. The maximum Gasteiger partial charge on any atom is 0.245 e. The van der Waals surface area contributed by atoms with Gasteiger partial charge in [-0.05, 0) is 65.0 Å². The fourth-order valence-corrected chi connectivity index (χ4v) is 4.65. The third-order valence-electron chi connectivity index (χ3n) is 4.02. The number of halogens is 1. The monoisotopic (exact) mass is 408 g/mol. The van der Waals surface area contributed by atoms with E-state index in [0.29, 0.717) is 11.5 Å². The van der Waals surface area contributed by atoms with Crippen LogP contribution >= 0.6 is 0 Å². The number of hydrazone groups is 1. The van der Waals surface area contributed by atoms with Gasteiger partial charge in [-0.15, -0.1) is 0 Å². The van der Waals surface area contributed by atoms with Crippen molar-refractivity contribution >= 4 is 21.6 Å². The van der Waals surface area contributed by atoms with E-state index in [0.717, 1.165) is 6.07 Å². The fraction of sp³-hybridized carbons (Fsp3) is 0.368. The van der Waals surface area contributed by atoms with Crippen molar-refractivity contribution in [2.45, 2.75) is 51.6 Å². The summed E-state index contributed by atoms with van der Waals surface area (Å²) in [5.41, 5.74) is 3.27. The molecule has 0 saturated carbocycles. The summed E-state index contributed by atoms with van der Waals surface area (Å²) in [6.45, 7) is 8.88. The third kappa shape index (κ3) is 4.85. The first kappa shape index (κ1) is 21.8. The van der Waals surface area contributed by atoms with Crippen molar-refractivity contribution in [1.29, 1.82) is 0 Å². The van der Waals surface area contributed by atoms with Crippen LogP contribution in [0.4, 0.5) is 10.2 Å². The van der Waals surface area contributed by atoms with Crippen LogP contribution in [0.2, 0.25) is 0 Å². The summed E-state index contributed by atoms with van der Waals surface area (Å²) in [4.78, 5) is 4.18. The highest BCUT2D eigenvalue weighted by Gasteiger charge is 2.29. The van der Waals surface area contributed by atoms with Crippen molar-refractivity contribution in [3.8, 4) is 5.75 Å². The second-order valence-corrected chi connectivity index (χ2v) is 8.72. The Hall–Kier alpha value is -2.52. The van der Waals surface area contributed by atoms with Crippen molar-refractivity contribution < 1.29 is 17.9 Å². The molecule has 0 aliphatic heterocycles. The zero-order valence-corrected chi connectivity index (χ0v) is 17.3. The van der Waals surface area contributed by atoms with E-state index in [-0.39, 0.29) is 28.3 Å². The van der Waals surface area contributed by atoms with Crippen LogP contribution in [0.15, 0.2) is 46.5 Å². The molecule has 1 heterocycles. The molecule has 0 atom stereocenters. The highest BCUT2D eigenvalue weighted by atomic mass is 32.2. The molecule has 0 aliphatic rings. The van der Waals surface area contributed by atoms with Crippen molar-refractivity contribution in [3.63, 3.8) is 0 Å². The molecule has 1 aromatic heterocycles. The summed E-state index contributed by atoms with van der Waals surface area (Å²) in [5.74, 6) is -0.272. The number of rotatable bonds is 7. The molecule has 2 aromatic rings. The van der Waals surface area contributed by atoms with E-state index >= 15 is 0 Å². The van der Waals surface area contributed by atoms with Crippen LogP contribution in [0.5, 0.6) is 5.75 Å². The van der Waals surface area contributed by atoms with E-state index in [4.69, 9.17) is 0 Å². The molecule has 2 N–H and O–H groups in total. The Kier molecular flexibility index (Phi) is 6.73. The second kappa shape index (κ2) is 8.66. The Labute approximate surface area is 165 Å². The van der Waals surface area contributed by atoms with E-state index in [9.17, 15) is 17.9 Å². The average Bonchev–Trinajstić information content (AvgIpc) is 2.61. The number of pyridine rings is 1. The second-order valence-electron chi connectivity index (χ2n) is 6.87. The third-order valence-corrected chi connectivity index (χ3v) is 6.25. The number of benzene rings is 1. The summed E-state index contributed by atoms with van der Waals surface area (Å²) in [6, 6.07) is 6.14. The number of nitrogens with one attached hydrogen (secondary N) is 1. The van der Waals surface area contributed by atoms with Crippen LogP contribution in [-0.2, 0) is 10.0 Å². The Balaban J connectivity index is 2.22. The van der Waals surface area contributed by atoms with Gasteiger partial charge in [0.2, 0.25) is 10.0 Å². The maximum absolute atomic E-state index is 13.3. The van der Waals surface area contributed by atoms with Crippen molar-refractivity contribution in [2.24, 2.45) is 5.10 Å². The van der Waals surface area contributed by atoms with Gasteiger partial charge in [-0.2, -0.15) is 9.41 Å². The maximum atomic E-state index is 13.3. The molecule has 2 rings (SSSR count). The molecule has 7 nitrogen and oxygen atoms in total. The molecule has 0 unspecified atom stereocenters. The number of phenols is 1. The smallest absolute Gasteiger partial charge is 0.245 e. The molecule has 152 valence electrons. The minimum absolute atomic E-state index is 0.0870. The van der Waals surface area contributed by atoms with Crippen LogP contribution in [0, 0.1) is 5.82 Å². The van der Waals surface area contributed by atoms with Gasteiger partial charge in [0.25, 0.3) is 0 Å². The predicted molar refractivity (Wildman–Crippen MR) is 107 cm³/mol. The molecule has 0 saturated heterocycles. The standard InChI is InChI=1S/C19H25FN4O3S/c1-12(2)24(13(3)4)28(26,27)16-7-9-19(21-11-16)23-22-14(5)17-10-15(20)6-8-18(17)25/h6-13,25H,1-5H3,(H,21,23)/b22-14+. The van der Waals surface area contributed by atoms with E-state index in [2.05, 4.69) is 15.5 Å². The van der Waals surface area contributed by atoms with Gasteiger partial charge >= 0.3 is 0 Å². The molecule has 0 radical (unpaired) electrons. The number of hydrogen-bond donors (Lipinski definition) is 2. The first-order valence-corrected chi connectivity index (χ1v) is 10.3. The Morgan fingerprint density at radius 3 is 2.36 bits per heavy atom. The number of nitrogens with zero attached hydrogens (tertiary/aromatic N) is 3. The SMILES string of the molecule is C/C(=N\Nc1ccc(S(=O)(=O)N(C(C)C)C(C)C)cn1)c1cc(F)ccc1O. The van der Waals surface area contributed by atoms with Crippen molar-refractivity contribution in [2.75, 3.05) is 5.43 Å². The van der Waals surface area contributed by atoms with Gasteiger partial charge in [0.1, 0.15) is 22.3 Å². The van der Waals surface area contributed by atoms with E-state index in [1.807, 2.05) is 27.7 Å². The normalized spacial score (nSPS) is 12.8. The zero-order chi connectivity index (χ0) is 21.1. The van der Waals surface area contributed by atoms with Crippen LogP contribution in [0.3, 0.4) is 0 Å². The molecule has 0 fully saturated rings. The summed E-state index contributed by atoms with van der Waals surface area (Å²) in [6.07, 6.45) is 1.26. The van der Waals surface area contributed by atoms with Gasteiger partial charge in [0.15, 0.2) is 0 Å². The highest BCUT2D eigenvalue weighted by molar-refractivity contribution is 7.89. The fourth-order valence-electron chi connectivity index (χ4n) is 2.87. The van der Waals surface area contributed by atoms with Gasteiger partial charge in [-0.3, -0.25) is 5.43 Å². The summed E-state index contributed by atoms with van der Waals surface area (Å²) in [7, 11) is -3.67. The van der Waals surface area contributed by atoms with Gasteiger partial charge < -0.3 is 5.11 Å². The van der Waals surface area contributed by atoms with Gasteiger partial charge in [0.05, 0.1) is 5.71 Å². The molecule has 0 amide bonds. The Morgan fingerprint density at radius 2 is 1.82 bits per heavy atom. The first-order valence-electron chi connectivity index (χ1n) is 8.82. The van der Waals surface area contributed by atoms with Gasteiger partial charge in [-0.1, -0.05) is 0 Å². The Bertz CT molecular complexity index is 950. The molecule has 0 aliphatic carbocycles. The molecule has 0 spiro atoms. The van der Waals surface area contributed by atoms with Crippen molar-refractivity contribution in [1.82, 2.24) is 9.29 Å². The topological polar surface area (TPSA) is 94.9 Å². The van der Waals surface area contributed by atoms with Crippen LogP contribution in [-0.4, -0.2) is 40.6 Å². The molecule has 28 heavy (non-hydrogen) atoms. The lowest BCUT2D eigenvalue weighted by molar-refractivity contribution is 0.302. The van der Waals surface area contributed by atoms with Crippen LogP contribution in [0.25, 0.3) is 0 Å². The van der Waals surface area contributed by atoms with Crippen LogP contribution < -0.4 is 5.43 Å². The lowest BCUT2D eigenvalue weighted by Gasteiger charge is -2.29. The molecule has 0 bridgehead atoms. The quantitative estimate of drug-likeness (QED) is 0.539. The Morgan fingerprint density at radius 1 is 1.18 bits per heavy atom. The van der Waals surface area contributed by atoms with Gasteiger partial charge in [0, 0.05) is 23.8 Å². The van der Waals surface area contributed by atoms with Gasteiger partial charge in [-0.25, -0.2) is 17.8 Å². The van der Waals surface area contributed by atoms with Crippen molar-refractivity contribution in [3.05, 3.63) is 47.9 Å². The lowest BCUT2D eigenvalue weighted by atomic mass is 10.1. The van der Waals surface area contributed by atoms with E-state index in [1.165, 1.54) is 34.8 Å². The highest BCUT2D eigenvalue weighted by Crippen LogP contribution is 2.22. The minimum atomic E-state index is -3.67. The number of aromatic nitrogens is 1. The zero-order valence-electron chi connectivity index (χ0n) is 16.5. The predicted octanol–water partition coefficient (Wildman–Crippen LogP) is 3.57. The minimum Gasteiger partial charge on any atom is -0.507 e. The summed E-state index contributed by atoms with van der Waals surface area (Å²) in [5, 5.41) is 13.9. The lowest BCUT2D eigenvalue weighted by Crippen LogP contribution is -2.41. The molecule has 1 aromatic carbocycles. The van der Waals surface area contributed by atoms with Crippen LogP contribution in [0.1, 0.15) is 40.2 Å². The number of hydrogen-bond acceptors (Lipinski definition) is 6.